The Bertz CT molecular complexity index is 441. The van der Waals surface area contributed by atoms with Gasteiger partial charge in [-0.3, -0.25) is 0 Å². The second-order valence-electron chi connectivity index (χ2n) is 5.26. The van der Waals surface area contributed by atoms with E-state index in [0.717, 1.165) is 30.2 Å². The molecule has 0 bridgehead atoms. The van der Waals surface area contributed by atoms with Crippen molar-refractivity contribution in [2.75, 3.05) is 11.1 Å². The normalized spacial score (nSPS) is 20.8. The highest BCUT2D eigenvalue weighted by Gasteiger charge is 2.33. The Morgan fingerprint density at radius 2 is 2.18 bits per heavy atom. The van der Waals surface area contributed by atoms with Crippen molar-refractivity contribution in [2.45, 2.75) is 56.4 Å². The van der Waals surface area contributed by atoms with Crippen molar-refractivity contribution >= 4 is 17.6 Å². The highest BCUT2D eigenvalue weighted by molar-refractivity contribution is 7.99. The average Bonchev–Trinajstić information content (AvgIpc) is 2.75. The predicted octanol–water partition coefficient (Wildman–Crippen LogP) is 3.04. The zero-order valence-corrected chi connectivity index (χ0v) is 11.4. The number of aryl methyl sites for hydroxylation is 2. The minimum Gasteiger partial charge on any atom is -0.364 e. The van der Waals surface area contributed by atoms with Crippen molar-refractivity contribution in [3.8, 4) is 0 Å². The summed E-state index contributed by atoms with van der Waals surface area (Å²) in [5.74, 6) is 3.23. The SMILES string of the molecule is CCc1nc2c(c(NC3(C)CCC3)n1)SCC2. The highest BCUT2D eigenvalue weighted by Crippen LogP contribution is 2.40. The minimum atomic E-state index is 0.274. The number of nitrogens with zero attached hydrogens (tertiary/aromatic N) is 2. The third kappa shape index (κ3) is 2.03. The van der Waals surface area contributed by atoms with Crippen molar-refractivity contribution in [3.05, 3.63) is 11.5 Å². The van der Waals surface area contributed by atoms with Crippen LogP contribution in [0.3, 0.4) is 0 Å². The van der Waals surface area contributed by atoms with Gasteiger partial charge in [0.15, 0.2) is 0 Å². The molecule has 1 saturated carbocycles. The second kappa shape index (κ2) is 4.16. The number of nitrogens with one attached hydrogen (secondary N) is 1. The van der Waals surface area contributed by atoms with Gasteiger partial charge in [-0.2, -0.15) is 0 Å². The van der Waals surface area contributed by atoms with Gasteiger partial charge in [-0.15, -0.1) is 11.8 Å². The number of hydrogen-bond acceptors (Lipinski definition) is 4. The van der Waals surface area contributed by atoms with Crippen molar-refractivity contribution < 1.29 is 0 Å². The molecule has 92 valence electrons. The van der Waals surface area contributed by atoms with Crippen LogP contribution in [0.1, 0.15) is 44.6 Å². The van der Waals surface area contributed by atoms with E-state index in [1.54, 1.807) is 0 Å². The standard InChI is InChI=1S/C13H19N3S/c1-3-10-14-9-5-8-17-11(9)12(15-10)16-13(2)6-4-7-13/h3-8H2,1-2H3,(H,14,15,16). The van der Waals surface area contributed by atoms with E-state index in [-0.39, 0.29) is 5.54 Å². The summed E-state index contributed by atoms with van der Waals surface area (Å²) in [5.41, 5.74) is 1.53. The topological polar surface area (TPSA) is 37.8 Å². The first-order chi connectivity index (χ1) is 8.20. The Morgan fingerprint density at radius 1 is 1.35 bits per heavy atom. The highest BCUT2D eigenvalue weighted by atomic mass is 32.2. The van der Waals surface area contributed by atoms with Crippen LogP contribution in [-0.2, 0) is 12.8 Å². The number of thioether (sulfide) groups is 1. The Balaban J connectivity index is 1.94. The molecule has 0 saturated heterocycles. The fourth-order valence-corrected chi connectivity index (χ4v) is 3.53. The lowest BCUT2D eigenvalue weighted by atomic mass is 9.78. The Kier molecular flexibility index (Phi) is 2.77. The predicted molar refractivity (Wildman–Crippen MR) is 71.7 cm³/mol. The van der Waals surface area contributed by atoms with Crippen LogP contribution < -0.4 is 5.32 Å². The van der Waals surface area contributed by atoms with Crippen LogP contribution >= 0.6 is 11.8 Å². The van der Waals surface area contributed by atoms with Gasteiger partial charge < -0.3 is 5.32 Å². The fraction of sp³-hybridized carbons (Fsp3) is 0.692. The van der Waals surface area contributed by atoms with Crippen LogP contribution in [0.4, 0.5) is 5.82 Å². The van der Waals surface area contributed by atoms with E-state index in [9.17, 15) is 0 Å². The quantitative estimate of drug-likeness (QED) is 0.893. The number of hydrogen-bond donors (Lipinski definition) is 1. The van der Waals surface area contributed by atoms with E-state index < -0.39 is 0 Å². The van der Waals surface area contributed by atoms with E-state index in [2.05, 4.69) is 29.1 Å². The van der Waals surface area contributed by atoms with Gasteiger partial charge in [0.25, 0.3) is 0 Å². The third-order valence-electron chi connectivity index (χ3n) is 3.76. The Morgan fingerprint density at radius 3 is 2.82 bits per heavy atom. The van der Waals surface area contributed by atoms with Gasteiger partial charge in [0.1, 0.15) is 11.6 Å². The summed E-state index contributed by atoms with van der Waals surface area (Å²) in [6.07, 6.45) is 5.88. The number of fused-ring (bicyclic) bond motifs is 1. The van der Waals surface area contributed by atoms with Crippen molar-refractivity contribution in [2.24, 2.45) is 0 Å². The van der Waals surface area contributed by atoms with Gasteiger partial charge in [0.2, 0.25) is 0 Å². The van der Waals surface area contributed by atoms with Gasteiger partial charge in [-0.05, 0) is 26.2 Å². The fourth-order valence-electron chi connectivity index (χ4n) is 2.48. The maximum Gasteiger partial charge on any atom is 0.144 e. The van der Waals surface area contributed by atoms with Crippen LogP contribution in [0.15, 0.2) is 4.90 Å². The molecule has 1 aromatic rings. The first-order valence-electron chi connectivity index (χ1n) is 6.51. The molecule has 0 aromatic carbocycles. The second-order valence-corrected chi connectivity index (χ2v) is 6.36. The van der Waals surface area contributed by atoms with Gasteiger partial charge in [-0.1, -0.05) is 6.92 Å². The Hall–Kier alpha value is -0.770. The van der Waals surface area contributed by atoms with Crippen LogP contribution in [0.5, 0.6) is 0 Å². The molecule has 0 radical (unpaired) electrons. The lowest BCUT2D eigenvalue weighted by Gasteiger charge is -2.40. The summed E-state index contributed by atoms with van der Waals surface area (Å²) in [5, 5.41) is 3.66. The van der Waals surface area contributed by atoms with E-state index in [1.165, 1.54) is 29.9 Å². The molecule has 1 aliphatic heterocycles. The lowest BCUT2D eigenvalue weighted by Crippen LogP contribution is -2.42. The summed E-state index contributed by atoms with van der Waals surface area (Å²) in [6, 6.07) is 0. The van der Waals surface area contributed by atoms with Crippen molar-refractivity contribution in [1.82, 2.24) is 9.97 Å². The van der Waals surface area contributed by atoms with Crippen LogP contribution in [0.2, 0.25) is 0 Å². The molecule has 3 rings (SSSR count). The number of rotatable bonds is 3. The molecule has 0 atom stereocenters. The van der Waals surface area contributed by atoms with E-state index in [1.807, 2.05) is 11.8 Å². The number of aromatic nitrogens is 2. The Labute approximate surface area is 107 Å². The molecule has 0 unspecified atom stereocenters. The van der Waals surface area contributed by atoms with E-state index >= 15 is 0 Å². The molecule has 2 heterocycles. The molecule has 17 heavy (non-hydrogen) atoms. The summed E-state index contributed by atoms with van der Waals surface area (Å²) in [6.45, 7) is 4.43. The maximum absolute atomic E-state index is 4.69. The molecular formula is C13H19N3S. The summed E-state index contributed by atoms with van der Waals surface area (Å²) in [7, 11) is 0. The first-order valence-corrected chi connectivity index (χ1v) is 7.49. The van der Waals surface area contributed by atoms with Gasteiger partial charge in [0.05, 0.1) is 10.6 Å². The first kappa shape index (κ1) is 11.3. The molecular weight excluding hydrogens is 230 g/mol. The third-order valence-corrected chi connectivity index (χ3v) is 4.89. The summed E-state index contributed by atoms with van der Waals surface area (Å²) in [4.78, 5) is 10.6. The molecule has 0 spiro atoms. The largest absolute Gasteiger partial charge is 0.364 e. The summed E-state index contributed by atoms with van der Waals surface area (Å²) < 4.78 is 0. The molecule has 4 heteroatoms. The zero-order chi connectivity index (χ0) is 11.9. The van der Waals surface area contributed by atoms with Crippen LogP contribution in [0.25, 0.3) is 0 Å². The maximum atomic E-state index is 4.69. The van der Waals surface area contributed by atoms with Crippen LogP contribution in [-0.4, -0.2) is 21.3 Å². The zero-order valence-electron chi connectivity index (χ0n) is 10.5. The number of anilines is 1. The van der Waals surface area contributed by atoms with Crippen molar-refractivity contribution in [1.29, 1.82) is 0 Å². The van der Waals surface area contributed by atoms with Crippen molar-refractivity contribution in [3.63, 3.8) is 0 Å². The van der Waals surface area contributed by atoms with Crippen LogP contribution in [0, 0.1) is 0 Å². The lowest BCUT2D eigenvalue weighted by molar-refractivity contribution is 0.305. The minimum absolute atomic E-state index is 0.274. The van der Waals surface area contributed by atoms with Gasteiger partial charge >= 0.3 is 0 Å². The molecule has 1 fully saturated rings. The van der Waals surface area contributed by atoms with Gasteiger partial charge in [-0.25, -0.2) is 9.97 Å². The molecule has 3 nitrogen and oxygen atoms in total. The van der Waals surface area contributed by atoms with Gasteiger partial charge in [0, 0.05) is 24.1 Å². The summed E-state index contributed by atoms with van der Waals surface area (Å²) >= 11 is 1.90. The molecule has 1 N–H and O–H groups in total. The van der Waals surface area contributed by atoms with E-state index in [4.69, 9.17) is 0 Å². The molecule has 1 aliphatic carbocycles. The molecule has 1 aromatic heterocycles. The monoisotopic (exact) mass is 249 g/mol. The van der Waals surface area contributed by atoms with E-state index in [0.29, 0.717) is 0 Å². The smallest absolute Gasteiger partial charge is 0.144 e. The average molecular weight is 249 g/mol. The molecule has 2 aliphatic rings. The molecule has 0 amide bonds.